The Bertz CT molecular complexity index is 729. The van der Waals surface area contributed by atoms with E-state index in [4.69, 9.17) is 5.11 Å². The van der Waals surface area contributed by atoms with Crippen molar-refractivity contribution < 1.29 is 14.7 Å². The Labute approximate surface area is 142 Å². The fraction of sp³-hybridized carbons (Fsp3) is 0.474. The summed E-state index contributed by atoms with van der Waals surface area (Å²) < 4.78 is 0. The van der Waals surface area contributed by atoms with Crippen molar-refractivity contribution in [1.29, 1.82) is 0 Å². The number of carboxylic acids is 1. The van der Waals surface area contributed by atoms with E-state index in [0.717, 1.165) is 16.5 Å². The molecule has 1 heterocycles. The first-order valence-electron chi connectivity index (χ1n) is 8.49. The van der Waals surface area contributed by atoms with Crippen LogP contribution in [0.3, 0.4) is 0 Å². The van der Waals surface area contributed by atoms with Gasteiger partial charge in [-0.25, -0.2) is 0 Å². The fourth-order valence-corrected chi connectivity index (χ4v) is 3.19. The van der Waals surface area contributed by atoms with Crippen LogP contribution in [0.25, 0.3) is 10.9 Å². The summed E-state index contributed by atoms with van der Waals surface area (Å²) in [6.07, 6.45) is 4.10. The Morgan fingerprint density at radius 2 is 1.96 bits per heavy atom. The van der Waals surface area contributed by atoms with Crippen LogP contribution in [0, 0.1) is 6.92 Å². The van der Waals surface area contributed by atoms with Crippen LogP contribution in [-0.2, 0) is 16.0 Å². The lowest BCUT2D eigenvalue weighted by Crippen LogP contribution is -2.49. The number of H-pyrrole nitrogens is 1. The van der Waals surface area contributed by atoms with Crippen LogP contribution in [0.2, 0.25) is 0 Å². The van der Waals surface area contributed by atoms with Crippen LogP contribution < -0.4 is 5.32 Å². The third kappa shape index (κ3) is 3.96. The van der Waals surface area contributed by atoms with E-state index in [0.29, 0.717) is 25.7 Å². The SMILES string of the molecule is CCC(CC)(CC(=O)O)NC(=O)CCc1c[nH]c2c(C)cccc12. The molecule has 5 nitrogen and oxygen atoms in total. The molecular weight excluding hydrogens is 304 g/mol. The number of benzene rings is 1. The van der Waals surface area contributed by atoms with Gasteiger partial charge < -0.3 is 15.4 Å². The van der Waals surface area contributed by atoms with Gasteiger partial charge in [-0.1, -0.05) is 32.0 Å². The molecule has 0 aliphatic rings. The Morgan fingerprint density at radius 1 is 1.25 bits per heavy atom. The molecule has 2 rings (SSSR count). The average molecular weight is 330 g/mol. The van der Waals surface area contributed by atoms with Gasteiger partial charge in [-0.15, -0.1) is 0 Å². The van der Waals surface area contributed by atoms with Gasteiger partial charge in [0.05, 0.1) is 6.42 Å². The zero-order valence-corrected chi connectivity index (χ0v) is 14.6. The van der Waals surface area contributed by atoms with E-state index >= 15 is 0 Å². The van der Waals surface area contributed by atoms with E-state index in [1.165, 1.54) is 5.56 Å². The van der Waals surface area contributed by atoms with E-state index in [1.807, 2.05) is 26.1 Å². The minimum atomic E-state index is -0.883. The minimum absolute atomic E-state index is 0.0436. The van der Waals surface area contributed by atoms with Crippen molar-refractivity contribution in [2.45, 2.75) is 58.4 Å². The number of aryl methyl sites for hydroxylation is 2. The Hall–Kier alpha value is -2.30. The van der Waals surface area contributed by atoms with Crippen LogP contribution in [0.1, 0.15) is 50.7 Å². The normalized spacial score (nSPS) is 11.6. The van der Waals surface area contributed by atoms with E-state index in [2.05, 4.69) is 29.4 Å². The molecular formula is C19H26N2O3. The molecule has 0 radical (unpaired) electrons. The van der Waals surface area contributed by atoms with Gasteiger partial charge in [0.1, 0.15) is 0 Å². The van der Waals surface area contributed by atoms with Gasteiger partial charge in [-0.2, -0.15) is 0 Å². The van der Waals surface area contributed by atoms with Gasteiger partial charge in [-0.05, 0) is 37.3 Å². The highest BCUT2D eigenvalue weighted by molar-refractivity contribution is 5.86. The molecule has 0 saturated heterocycles. The highest BCUT2D eigenvalue weighted by atomic mass is 16.4. The van der Waals surface area contributed by atoms with Crippen molar-refractivity contribution in [3.05, 3.63) is 35.5 Å². The average Bonchev–Trinajstić information content (AvgIpc) is 2.96. The number of para-hydroxylation sites is 1. The standard InChI is InChI=1S/C19H26N2O3/c1-4-19(5-2,11-17(23)24)21-16(22)10-9-14-12-20-18-13(3)7-6-8-15(14)18/h6-8,12,20H,4-5,9-11H2,1-3H3,(H,21,22)(H,23,24). The lowest BCUT2D eigenvalue weighted by Gasteiger charge is -2.31. The van der Waals surface area contributed by atoms with Crippen LogP contribution >= 0.6 is 0 Å². The number of hydrogen-bond acceptors (Lipinski definition) is 2. The topological polar surface area (TPSA) is 82.2 Å². The summed E-state index contributed by atoms with van der Waals surface area (Å²) in [7, 11) is 0. The second kappa shape index (κ2) is 7.51. The molecule has 2 aromatic rings. The maximum Gasteiger partial charge on any atom is 0.305 e. The molecule has 0 saturated carbocycles. The van der Waals surface area contributed by atoms with Crippen LogP contribution in [0.15, 0.2) is 24.4 Å². The Balaban J connectivity index is 2.04. The first-order chi connectivity index (χ1) is 11.4. The van der Waals surface area contributed by atoms with Crippen molar-refractivity contribution in [1.82, 2.24) is 10.3 Å². The number of hydrogen-bond donors (Lipinski definition) is 3. The Morgan fingerprint density at radius 3 is 2.58 bits per heavy atom. The van der Waals surface area contributed by atoms with Crippen molar-refractivity contribution in [3.63, 3.8) is 0 Å². The summed E-state index contributed by atoms with van der Waals surface area (Å²) in [4.78, 5) is 26.7. The number of aliphatic carboxylic acids is 1. The summed E-state index contributed by atoms with van der Waals surface area (Å²) in [6.45, 7) is 5.88. The lowest BCUT2D eigenvalue weighted by molar-refractivity contribution is -0.139. The third-order valence-corrected chi connectivity index (χ3v) is 4.88. The monoisotopic (exact) mass is 330 g/mol. The van der Waals surface area contributed by atoms with E-state index in [1.54, 1.807) is 0 Å². The van der Waals surface area contributed by atoms with Gasteiger partial charge in [-0.3, -0.25) is 9.59 Å². The highest BCUT2D eigenvalue weighted by Crippen LogP contribution is 2.23. The molecule has 5 heteroatoms. The van der Waals surface area contributed by atoms with Gasteiger partial charge >= 0.3 is 5.97 Å². The molecule has 0 fully saturated rings. The second-order valence-corrected chi connectivity index (χ2v) is 6.42. The summed E-state index contributed by atoms with van der Waals surface area (Å²) >= 11 is 0. The number of aromatic amines is 1. The smallest absolute Gasteiger partial charge is 0.305 e. The number of fused-ring (bicyclic) bond motifs is 1. The summed E-state index contributed by atoms with van der Waals surface area (Å²) in [5.74, 6) is -0.979. The zero-order valence-electron chi connectivity index (χ0n) is 14.6. The van der Waals surface area contributed by atoms with Crippen molar-refractivity contribution in [2.24, 2.45) is 0 Å². The predicted octanol–water partition coefficient (Wildman–Crippen LogP) is 3.56. The molecule has 0 unspecified atom stereocenters. The largest absolute Gasteiger partial charge is 0.481 e. The number of nitrogens with one attached hydrogen (secondary N) is 2. The summed E-state index contributed by atoms with van der Waals surface area (Å²) in [6, 6.07) is 6.12. The molecule has 0 atom stereocenters. The predicted molar refractivity (Wildman–Crippen MR) is 95.1 cm³/mol. The van der Waals surface area contributed by atoms with Crippen molar-refractivity contribution in [3.8, 4) is 0 Å². The quantitative estimate of drug-likeness (QED) is 0.692. The number of amides is 1. The molecule has 0 bridgehead atoms. The minimum Gasteiger partial charge on any atom is -0.481 e. The molecule has 1 amide bonds. The number of carbonyl (C=O) groups is 2. The fourth-order valence-electron chi connectivity index (χ4n) is 3.19. The molecule has 0 spiro atoms. The van der Waals surface area contributed by atoms with E-state index in [9.17, 15) is 9.59 Å². The number of carboxylic acid groups (broad SMARTS) is 1. The molecule has 1 aromatic carbocycles. The molecule has 0 aliphatic heterocycles. The van der Waals surface area contributed by atoms with Gasteiger partial charge in [0.2, 0.25) is 5.91 Å². The molecule has 24 heavy (non-hydrogen) atoms. The number of carbonyl (C=O) groups excluding carboxylic acids is 1. The molecule has 3 N–H and O–H groups in total. The van der Waals surface area contributed by atoms with Crippen molar-refractivity contribution in [2.75, 3.05) is 0 Å². The molecule has 0 aliphatic carbocycles. The van der Waals surface area contributed by atoms with E-state index in [-0.39, 0.29) is 12.3 Å². The third-order valence-electron chi connectivity index (χ3n) is 4.88. The van der Waals surface area contributed by atoms with Gasteiger partial charge in [0.15, 0.2) is 0 Å². The maximum absolute atomic E-state index is 12.3. The first kappa shape index (κ1) is 18.0. The number of rotatable bonds is 8. The molecule has 1 aromatic heterocycles. The van der Waals surface area contributed by atoms with Crippen molar-refractivity contribution >= 4 is 22.8 Å². The van der Waals surface area contributed by atoms with Gasteiger partial charge in [0.25, 0.3) is 0 Å². The van der Waals surface area contributed by atoms with E-state index < -0.39 is 11.5 Å². The number of aromatic nitrogens is 1. The summed E-state index contributed by atoms with van der Waals surface area (Å²) in [5, 5.41) is 13.2. The highest BCUT2D eigenvalue weighted by Gasteiger charge is 2.30. The Kier molecular flexibility index (Phi) is 5.65. The van der Waals surface area contributed by atoms with Crippen LogP contribution in [-0.4, -0.2) is 27.5 Å². The zero-order chi connectivity index (χ0) is 17.7. The van der Waals surface area contributed by atoms with Crippen LogP contribution in [0.5, 0.6) is 0 Å². The maximum atomic E-state index is 12.3. The molecule has 130 valence electrons. The van der Waals surface area contributed by atoms with Gasteiger partial charge in [0, 0.05) is 29.1 Å². The summed E-state index contributed by atoms with van der Waals surface area (Å²) in [5.41, 5.74) is 2.75. The first-order valence-corrected chi connectivity index (χ1v) is 8.49. The lowest BCUT2D eigenvalue weighted by atomic mass is 9.88. The second-order valence-electron chi connectivity index (χ2n) is 6.42. The van der Waals surface area contributed by atoms with Crippen LogP contribution in [0.4, 0.5) is 0 Å².